The molecule has 7 heteroatoms. The zero-order chi connectivity index (χ0) is 30.6. The first-order valence-electron chi connectivity index (χ1n) is 16.5. The molecule has 4 saturated carbocycles. The molecular formula is C35H54O7. The van der Waals surface area contributed by atoms with Crippen molar-refractivity contribution < 1.29 is 34.7 Å². The van der Waals surface area contributed by atoms with Gasteiger partial charge in [0.25, 0.3) is 0 Å². The van der Waals surface area contributed by atoms with Gasteiger partial charge in [-0.05, 0) is 97.2 Å². The van der Waals surface area contributed by atoms with E-state index in [1.807, 2.05) is 0 Å². The Hall–Kier alpha value is -1.25. The molecular weight excluding hydrogens is 532 g/mol. The first-order chi connectivity index (χ1) is 19.5. The number of rotatable bonds is 3. The van der Waals surface area contributed by atoms with Crippen LogP contribution in [-0.2, 0) is 14.3 Å². The Morgan fingerprint density at radius 3 is 2.36 bits per heavy atom. The van der Waals surface area contributed by atoms with Crippen molar-refractivity contribution >= 4 is 5.97 Å². The van der Waals surface area contributed by atoms with Gasteiger partial charge in [-0.3, -0.25) is 4.79 Å². The molecule has 7 nitrogen and oxygen atoms in total. The monoisotopic (exact) mass is 586 g/mol. The third-order valence-corrected chi connectivity index (χ3v) is 14.6. The van der Waals surface area contributed by atoms with Crippen molar-refractivity contribution in [1.29, 1.82) is 0 Å². The second-order valence-electron chi connectivity index (χ2n) is 16.4. The fourth-order valence-electron chi connectivity index (χ4n) is 11.7. The highest BCUT2D eigenvalue weighted by atomic mass is 16.7. The minimum absolute atomic E-state index is 0.0553. The molecule has 0 amide bonds. The van der Waals surface area contributed by atoms with Gasteiger partial charge in [0.05, 0.1) is 18.1 Å². The van der Waals surface area contributed by atoms with E-state index in [1.165, 1.54) is 5.57 Å². The lowest BCUT2D eigenvalue weighted by atomic mass is 9.33. The SMILES string of the molecule is C=C1[C@H]2C3=CC[C@@H]4[C@@]5(C)CC[C@H](O[C@@H]6OC[C@H](O)[C@H](O)[C@H]6O)C(C)(C)C5CC[C@@]4(C)[C@]3(C)CC[C@@]2(C(=O)O)CC[C@H]1C. The van der Waals surface area contributed by atoms with Crippen LogP contribution in [0.4, 0.5) is 0 Å². The summed E-state index contributed by atoms with van der Waals surface area (Å²) in [7, 11) is 0. The van der Waals surface area contributed by atoms with E-state index in [0.29, 0.717) is 17.8 Å². The van der Waals surface area contributed by atoms with Crippen molar-refractivity contribution in [2.45, 2.75) is 130 Å². The van der Waals surface area contributed by atoms with Crippen LogP contribution in [0.5, 0.6) is 0 Å². The van der Waals surface area contributed by atoms with E-state index in [9.17, 15) is 25.2 Å². The first-order valence-corrected chi connectivity index (χ1v) is 16.5. The van der Waals surface area contributed by atoms with E-state index in [1.54, 1.807) is 0 Å². The second kappa shape index (κ2) is 9.87. The van der Waals surface area contributed by atoms with E-state index in [2.05, 4.69) is 54.2 Å². The summed E-state index contributed by atoms with van der Waals surface area (Å²) in [6.45, 7) is 18.8. The van der Waals surface area contributed by atoms with Crippen LogP contribution >= 0.6 is 0 Å². The highest BCUT2D eigenvalue weighted by Crippen LogP contribution is 2.75. The maximum Gasteiger partial charge on any atom is 0.310 e. The molecule has 5 aliphatic carbocycles. The van der Waals surface area contributed by atoms with Gasteiger partial charge < -0.3 is 29.9 Å². The molecule has 42 heavy (non-hydrogen) atoms. The molecule has 1 aliphatic heterocycles. The Labute approximate surface area is 251 Å². The minimum atomic E-state index is -1.28. The lowest BCUT2D eigenvalue weighted by Crippen LogP contribution is -2.65. The van der Waals surface area contributed by atoms with Gasteiger partial charge in [-0.1, -0.05) is 65.3 Å². The number of aliphatic hydroxyl groups excluding tert-OH is 3. The summed E-state index contributed by atoms with van der Waals surface area (Å²) in [5, 5.41) is 41.3. The third kappa shape index (κ3) is 3.92. The Morgan fingerprint density at radius 2 is 1.67 bits per heavy atom. The molecule has 0 radical (unpaired) electrons. The van der Waals surface area contributed by atoms with E-state index in [4.69, 9.17) is 9.47 Å². The van der Waals surface area contributed by atoms with Crippen LogP contribution in [0.2, 0.25) is 0 Å². The molecule has 236 valence electrons. The highest BCUT2D eigenvalue weighted by Gasteiger charge is 2.69. The molecule has 6 aliphatic rings. The van der Waals surface area contributed by atoms with Crippen LogP contribution in [0.25, 0.3) is 0 Å². The topological polar surface area (TPSA) is 116 Å². The van der Waals surface area contributed by atoms with Crippen LogP contribution in [0.3, 0.4) is 0 Å². The minimum Gasteiger partial charge on any atom is -0.481 e. The van der Waals surface area contributed by atoms with Crippen LogP contribution < -0.4 is 0 Å². The van der Waals surface area contributed by atoms with Crippen molar-refractivity contribution in [2.75, 3.05) is 6.61 Å². The molecule has 1 unspecified atom stereocenters. The molecule has 0 bridgehead atoms. The van der Waals surface area contributed by atoms with Gasteiger partial charge in [0, 0.05) is 5.92 Å². The van der Waals surface area contributed by atoms with Gasteiger partial charge in [0.2, 0.25) is 0 Å². The van der Waals surface area contributed by atoms with Crippen molar-refractivity contribution in [3.05, 3.63) is 23.8 Å². The van der Waals surface area contributed by atoms with Gasteiger partial charge in [-0.2, -0.15) is 0 Å². The molecule has 0 aromatic rings. The third-order valence-electron chi connectivity index (χ3n) is 14.6. The summed E-state index contributed by atoms with van der Waals surface area (Å²) < 4.78 is 12.1. The number of carboxylic acid groups (broad SMARTS) is 1. The molecule has 5 fully saturated rings. The van der Waals surface area contributed by atoms with E-state index < -0.39 is 36.0 Å². The van der Waals surface area contributed by atoms with E-state index in [0.717, 1.165) is 63.4 Å². The number of ether oxygens (including phenoxy) is 2. The molecule has 6 rings (SSSR count). The van der Waals surface area contributed by atoms with Gasteiger partial charge in [-0.25, -0.2) is 0 Å². The highest BCUT2D eigenvalue weighted by molar-refractivity contribution is 5.77. The van der Waals surface area contributed by atoms with Crippen molar-refractivity contribution in [2.24, 2.45) is 50.7 Å². The first kappa shape index (κ1) is 30.8. The summed E-state index contributed by atoms with van der Waals surface area (Å²) in [6, 6.07) is 0. The second-order valence-corrected chi connectivity index (χ2v) is 16.4. The number of hydrogen-bond acceptors (Lipinski definition) is 6. The Kier molecular flexibility index (Phi) is 7.23. The predicted octanol–water partition coefficient (Wildman–Crippen LogP) is 5.47. The van der Waals surface area contributed by atoms with Gasteiger partial charge in [-0.15, -0.1) is 0 Å². The Balaban J connectivity index is 1.31. The number of carboxylic acids is 1. The van der Waals surface area contributed by atoms with Crippen LogP contribution in [0, 0.1) is 50.7 Å². The van der Waals surface area contributed by atoms with Gasteiger partial charge >= 0.3 is 5.97 Å². The average molecular weight is 587 g/mol. The standard InChI is InChI=1S/C35H54O7/c1-19-10-15-35(30(39)40)17-16-33(6)21(26(35)20(19)2)8-9-24-32(5)13-12-25(31(3,4)23(32)11-14-34(24,33)7)42-29-28(38)27(37)22(36)18-41-29/h8,19,22-29,36-38H,2,9-18H2,1,3-7H3,(H,39,40)/t19-,22+,23?,24-,25+,26+,27+,28-,29+,32+,33-,34-,35+/m1/s1. The summed E-state index contributed by atoms with van der Waals surface area (Å²) >= 11 is 0. The van der Waals surface area contributed by atoms with Gasteiger partial charge in [0.15, 0.2) is 6.29 Å². The zero-order valence-electron chi connectivity index (χ0n) is 26.6. The van der Waals surface area contributed by atoms with Gasteiger partial charge in [0.1, 0.15) is 18.3 Å². The van der Waals surface area contributed by atoms with Crippen molar-refractivity contribution in [3.63, 3.8) is 0 Å². The summed E-state index contributed by atoms with van der Waals surface area (Å²) in [5.41, 5.74) is 1.68. The quantitative estimate of drug-likeness (QED) is 0.256. The lowest BCUT2D eigenvalue weighted by molar-refractivity contribution is -0.308. The smallest absolute Gasteiger partial charge is 0.310 e. The van der Waals surface area contributed by atoms with E-state index >= 15 is 0 Å². The largest absolute Gasteiger partial charge is 0.481 e. The summed E-state index contributed by atoms with van der Waals surface area (Å²) in [6.07, 6.45) is 5.97. The molecule has 0 spiro atoms. The molecule has 1 heterocycles. The van der Waals surface area contributed by atoms with Crippen molar-refractivity contribution in [3.8, 4) is 0 Å². The molecule has 4 N–H and O–H groups in total. The van der Waals surface area contributed by atoms with Crippen molar-refractivity contribution in [1.82, 2.24) is 0 Å². The maximum atomic E-state index is 12.9. The lowest BCUT2D eigenvalue weighted by Gasteiger charge is -2.71. The number of aliphatic hydroxyl groups is 3. The summed E-state index contributed by atoms with van der Waals surface area (Å²) in [5.74, 6) is 0.509. The predicted molar refractivity (Wildman–Crippen MR) is 159 cm³/mol. The molecule has 1 saturated heterocycles. The number of hydrogen-bond donors (Lipinski definition) is 4. The number of allylic oxidation sites excluding steroid dienone is 3. The Morgan fingerprint density at radius 1 is 0.952 bits per heavy atom. The van der Waals surface area contributed by atoms with Crippen LogP contribution in [0.15, 0.2) is 23.8 Å². The van der Waals surface area contributed by atoms with Crippen LogP contribution in [0.1, 0.15) is 99.3 Å². The number of carbonyl (C=O) groups is 1. The van der Waals surface area contributed by atoms with E-state index in [-0.39, 0.29) is 40.3 Å². The number of fused-ring (bicyclic) bond motifs is 7. The maximum absolute atomic E-state index is 12.9. The summed E-state index contributed by atoms with van der Waals surface area (Å²) in [4.78, 5) is 12.9. The average Bonchev–Trinajstić information content (AvgIpc) is 2.92. The molecule has 0 aromatic carbocycles. The zero-order valence-corrected chi connectivity index (χ0v) is 26.6. The normalized spacial score (nSPS) is 53.6. The Bertz CT molecular complexity index is 1160. The fourth-order valence-corrected chi connectivity index (χ4v) is 11.7. The molecule has 0 aromatic heterocycles. The fraction of sp³-hybridized carbons (Fsp3) is 0.857. The van der Waals surface area contributed by atoms with Crippen LogP contribution in [-0.4, -0.2) is 63.7 Å². The molecule has 13 atom stereocenters. The number of aliphatic carboxylic acids is 1.